The van der Waals surface area contributed by atoms with Crippen molar-refractivity contribution >= 4 is 16.0 Å². The van der Waals surface area contributed by atoms with Crippen LogP contribution in [0, 0.1) is 11.7 Å². The number of hydrogen-bond donors (Lipinski definition) is 1. The van der Waals surface area contributed by atoms with Gasteiger partial charge in [-0.1, -0.05) is 12.1 Å². The molecule has 0 amide bonds. The number of sulfonamides is 1. The molecule has 2 rings (SSSR count). The van der Waals surface area contributed by atoms with Gasteiger partial charge in [0.1, 0.15) is 5.82 Å². The van der Waals surface area contributed by atoms with E-state index in [4.69, 9.17) is 5.11 Å². The van der Waals surface area contributed by atoms with Gasteiger partial charge in [-0.15, -0.1) is 0 Å². The molecule has 1 heterocycles. The second kappa shape index (κ2) is 5.26. The zero-order valence-electron chi connectivity index (χ0n) is 10.1. The zero-order chi connectivity index (χ0) is 14.0. The number of halogens is 1. The maximum atomic E-state index is 12.7. The van der Waals surface area contributed by atoms with Crippen LogP contribution in [0.1, 0.15) is 12.0 Å². The molecule has 1 fully saturated rings. The van der Waals surface area contributed by atoms with Crippen LogP contribution >= 0.6 is 0 Å². The van der Waals surface area contributed by atoms with Gasteiger partial charge in [0.15, 0.2) is 0 Å². The highest BCUT2D eigenvalue weighted by molar-refractivity contribution is 7.88. The predicted octanol–water partition coefficient (Wildman–Crippen LogP) is 1.06. The number of carboxylic acids is 1. The summed E-state index contributed by atoms with van der Waals surface area (Å²) in [6, 6.07) is 5.30. The molecule has 1 aliphatic rings. The molecule has 0 unspecified atom stereocenters. The Morgan fingerprint density at radius 1 is 1.32 bits per heavy atom. The van der Waals surface area contributed by atoms with Gasteiger partial charge in [-0.2, -0.15) is 0 Å². The minimum Gasteiger partial charge on any atom is -0.481 e. The number of carboxylic acid groups (broad SMARTS) is 1. The first kappa shape index (κ1) is 14.0. The number of aliphatic carboxylic acids is 1. The topological polar surface area (TPSA) is 74.7 Å². The van der Waals surface area contributed by atoms with Crippen LogP contribution in [0.3, 0.4) is 0 Å². The van der Waals surface area contributed by atoms with E-state index in [2.05, 4.69) is 0 Å². The lowest BCUT2D eigenvalue weighted by atomic mass is 10.00. The highest BCUT2D eigenvalue weighted by Gasteiger charge is 2.36. The summed E-state index contributed by atoms with van der Waals surface area (Å²) in [5.74, 6) is -1.62. The van der Waals surface area contributed by atoms with Crippen LogP contribution in [-0.4, -0.2) is 36.9 Å². The van der Waals surface area contributed by atoms with Gasteiger partial charge in [0, 0.05) is 13.1 Å². The summed E-state index contributed by atoms with van der Waals surface area (Å²) >= 11 is 0. The molecule has 0 aromatic heterocycles. The zero-order valence-corrected chi connectivity index (χ0v) is 10.9. The van der Waals surface area contributed by atoms with Crippen molar-refractivity contribution in [1.82, 2.24) is 4.31 Å². The molecule has 0 bridgehead atoms. The molecular weight excluding hydrogens is 273 g/mol. The first-order valence-corrected chi connectivity index (χ1v) is 7.42. The van der Waals surface area contributed by atoms with Crippen LogP contribution < -0.4 is 0 Å². The second-order valence-corrected chi connectivity index (χ2v) is 6.63. The molecular formula is C12H14FNO4S. The summed E-state index contributed by atoms with van der Waals surface area (Å²) in [7, 11) is -3.44. The number of carbonyl (C=O) groups is 1. The van der Waals surface area contributed by atoms with E-state index in [9.17, 15) is 17.6 Å². The van der Waals surface area contributed by atoms with Gasteiger partial charge in [-0.05, 0) is 23.6 Å². The Morgan fingerprint density at radius 2 is 1.89 bits per heavy atom. The van der Waals surface area contributed by atoms with Crippen molar-refractivity contribution in [2.24, 2.45) is 5.92 Å². The largest absolute Gasteiger partial charge is 0.481 e. The van der Waals surface area contributed by atoms with Gasteiger partial charge < -0.3 is 5.11 Å². The molecule has 1 aromatic rings. The molecule has 1 aliphatic heterocycles. The smallest absolute Gasteiger partial charge is 0.303 e. The van der Waals surface area contributed by atoms with Crippen LogP contribution in [0.25, 0.3) is 0 Å². The van der Waals surface area contributed by atoms with E-state index < -0.39 is 21.8 Å². The summed E-state index contributed by atoms with van der Waals surface area (Å²) < 4.78 is 37.9. The van der Waals surface area contributed by atoms with Crippen LogP contribution in [0.15, 0.2) is 24.3 Å². The van der Waals surface area contributed by atoms with Crippen molar-refractivity contribution in [1.29, 1.82) is 0 Å². The van der Waals surface area contributed by atoms with Gasteiger partial charge >= 0.3 is 5.97 Å². The second-order valence-electron chi connectivity index (χ2n) is 4.66. The normalized spacial score (nSPS) is 17.1. The molecule has 1 N–H and O–H groups in total. The van der Waals surface area contributed by atoms with Gasteiger partial charge in [0.25, 0.3) is 0 Å². The Kier molecular flexibility index (Phi) is 3.86. The Hall–Kier alpha value is -1.47. The highest BCUT2D eigenvalue weighted by atomic mass is 32.2. The molecule has 0 aliphatic carbocycles. The Labute approximate surface area is 110 Å². The molecule has 0 radical (unpaired) electrons. The van der Waals surface area contributed by atoms with Gasteiger partial charge in [0.2, 0.25) is 10.0 Å². The molecule has 19 heavy (non-hydrogen) atoms. The Balaban J connectivity index is 1.93. The molecule has 0 atom stereocenters. The standard InChI is InChI=1S/C12H14FNO4S/c13-11-3-1-9(2-4-11)8-19(17,18)14-6-10(7-14)5-12(15)16/h1-4,10H,5-8H2,(H,15,16). The monoisotopic (exact) mass is 287 g/mol. The van der Waals surface area contributed by atoms with Gasteiger partial charge in [0.05, 0.1) is 12.2 Å². The molecule has 0 spiro atoms. The predicted molar refractivity (Wildman–Crippen MR) is 66.3 cm³/mol. The van der Waals surface area contributed by atoms with Gasteiger partial charge in [-0.3, -0.25) is 4.79 Å². The third-order valence-electron chi connectivity index (χ3n) is 3.04. The molecule has 7 heteroatoms. The lowest BCUT2D eigenvalue weighted by Gasteiger charge is -2.37. The molecule has 104 valence electrons. The summed E-state index contributed by atoms with van der Waals surface area (Å²) in [5, 5.41) is 8.60. The van der Waals surface area contributed by atoms with Crippen LogP contribution in [0.4, 0.5) is 4.39 Å². The summed E-state index contributed by atoms with van der Waals surface area (Å²) in [6.45, 7) is 0.492. The van der Waals surface area contributed by atoms with E-state index >= 15 is 0 Å². The molecule has 5 nitrogen and oxygen atoms in total. The Morgan fingerprint density at radius 3 is 2.42 bits per heavy atom. The number of nitrogens with zero attached hydrogens (tertiary/aromatic N) is 1. The summed E-state index contributed by atoms with van der Waals surface area (Å²) in [5.41, 5.74) is 0.517. The maximum Gasteiger partial charge on any atom is 0.303 e. The fraction of sp³-hybridized carbons (Fsp3) is 0.417. The first-order valence-electron chi connectivity index (χ1n) is 5.81. The van der Waals surface area contributed by atoms with Crippen LogP contribution in [-0.2, 0) is 20.6 Å². The van der Waals surface area contributed by atoms with E-state index in [1.165, 1.54) is 28.6 Å². The van der Waals surface area contributed by atoms with Crippen molar-refractivity contribution in [2.75, 3.05) is 13.1 Å². The van der Waals surface area contributed by atoms with E-state index in [1.54, 1.807) is 0 Å². The highest BCUT2D eigenvalue weighted by Crippen LogP contribution is 2.24. The number of hydrogen-bond acceptors (Lipinski definition) is 3. The van der Waals surface area contributed by atoms with E-state index in [-0.39, 0.29) is 31.2 Å². The minimum absolute atomic E-state index is 0.0113. The quantitative estimate of drug-likeness (QED) is 0.878. The fourth-order valence-corrected chi connectivity index (χ4v) is 3.68. The molecule has 1 aromatic carbocycles. The number of benzene rings is 1. The molecule has 0 saturated carbocycles. The SMILES string of the molecule is O=C(O)CC1CN(S(=O)(=O)Cc2ccc(F)cc2)C1. The summed E-state index contributed by atoms with van der Waals surface area (Å²) in [6.07, 6.45) is -0.0113. The number of rotatable bonds is 5. The van der Waals surface area contributed by atoms with Crippen LogP contribution in [0.5, 0.6) is 0 Å². The fourth-order valence-electron chi connectivity index (χ4n) is 2.01. The van der Waals surface area contributed by atoms with Gasteiger partial charge in [-0.25, -0.2) is 17.1 Å². The summed E-state index contributed by atoms with van der Waals surface area (Å²) in [4.78, 5) is 10.5. The Bertz CT molecular complexity index is 564. The van der Waals surface area contributed by atoms with E-state index in [1.807, 2.05) is 0 Å². The third kappa shape index (κ3) is 3.51. The average molecular weight is 287 g/mol. The first-order chi connectivity index (χ1) is 8.87. The van der Waals surface area contributed by atoms with Crippen molar-refractivity contribution in [3.05, 3.63) is 35.6 Å². The third-order valence-corrected chi connectivity index (χ3v) is 4.83. The van der Waals surface area contributed by atoms with Crippen molar-refractivity contribution in [3.8, 4) is 0 Å². The lowest BCUT2D eigenvalue weighted by molar-refractivity contribution is -0.139. The minimum atomic E-state index is -3.44. The van der Waals surface area contributed by atoms with Crippen molar-refractivity contribution in [3.63, 3.8) is 0 Å². The van der Waals surface area contributed by atoms with Crippen LogP contribution in [0.2, 0.25) is 0 Å². The molecule has 1 saturated heterocycles. The average Bonchev–Trinajstić information content (AvgIpc) is 2.25. The lowest BCUT2D eigenvalue weighted by Crippen LogP contribution is -2.50. The van der Waals surface area contributed by atoms with Crippen molar-refractivity contribution in [2.45, 2.75) is 12.2 Å². The van der Waals surface area contributed by atoms with E-state index in [0.717, 1.165) is 0 Å². The van der Waals surface area contributed by atoms with E-state index in [0.29, 0.717) is 5.56 Å². The maximum absolute atomic E-state index is 12.7. The van der Waals surface area contributed by atoms with Crippen molar-refractivity contribution < 1.29 is 22.7 Å².